The molecule has 96 valence electrons. The van der Waals surface area contributed by atoms with E-state index < -0.39 is 11.7 Å². The van der Waals surface area contributed by atoms with Crippen molar-refractivity contribution in [1.29, 1.82) is 0 Å². The predicted octanol–water partition coefficient (Wildman–Crippen LogP) is 2.48. The monoisotopic (exact) mass is 247 g/mol. The fourth-order valence-electron chi connectivity index (χ4n) is 1.44. The van der Waals surface area contributed by atoms with Gasteiger partial charge in [-0.2, -0.15) is 13.2 Å². The molecule has 1 rings (SSSR count). The van der Waals surface area contributed by atoms with Crippen LogP contribution in [-0.4, -0.2) is 26.8 Å². The van der Waals surface area contributed by atoms with Gasteiger partial charge in [-0.15, -0.1) is 0 Å². The van der Waals surface area contributed by atoms with Gasteiger partial charge in [-0.1, -0.05) is 18.2 Å². The highest BCUT2D eigenvalue weighted by Gasteiger charge is 2.30. The van der Waals surface area contributed by atoms with E-state index in [2.05, 4.69) is 5.32 Å². The molecule has 0 aromatic heterocycles. The van der Waals surface area contributed by atoms with Gasteiger partial charge in [-0.3, -0.25) is 0 Å². The zero-order valence-corrected chi connectivity index (χ0v) is 9.68. The molecule has 0 unspecified atom stereocenters. The van der Waals surface area contributed by atoms with Crippen LogP contribution in [0.1, 0.15) is 11.1 Å². The topological polar surface area (TPSA) is 21.3 Å². The van der Waals surface area contributed by atoms with Gasteiger partial charge in [-0.05, 0) is 24.6 Å². The normalized spacial score (nSPS) is 11.8. The molecule has 0 bridgehead atoms. The van der Waals surface area contributed by atoms with Gasteiger partial charge in [-0.25, -0.2) is 0 Å². The fourth-order valence-corrected chi connectivity index (χ4v) is 1.44. The highest BCUT2D eigenvalue weighted by Crippen LogP contribution is 2.29. The SMILES string of the molecule is COCCNCCc1cccc(C(F)(F)F)c1. The second kappa shape index (κ2) is 6.61. The van der Waals surface area contributed by atoms with Gasteiger partial charge < -0.3 is 10.1 Å². The number of alkyl halides is 3. The molecule has 2 nitrogen and oxygen atoms in total. The lowest BCUT2D eigenvalue weighted by Crippen LogP contribution is -2.21. The molecule has 17 heavy (non-hydrogen) atoms. The van der Waals surface area contributed by atoms with E-state index in [-0.39, 0.29) is 0 Å². The number of halogens is 3. The van der Waals surface area contributed by atoms with Crippen LogP contribution >= 0.6 is 0 Å². The summed E-state index contributed by atoms with van der Waals surface area (Å²) in [5, 5.41) is 3.09. The van der Waals surface area contributed by atoms with Crippen molar-refractivity contribution < 1.29 is 17.9 Å². The third-order valence-corrected chi connectivity index (χ3v) is 2.33. The number of ether oxygens (including phenoxy) is 1. The molecule has 0 fully saturated rings. The minimum Gasteiger partial charge on any atom is -0.383 e. The number of methoxy groups -OCH3 is 1. The number of benzene rings is 1. The van der Waals surface area contributed by atoms with Crippen LogP contribution in [0.4, 0.5) is 13.2 Å². The predicted molar refractivity (Wildman–Crippen MR) is 59.9 cm³/mol. The van der Waals surface area contributed by atoms with Gasteiger partial charge in [0.05, 0.1) is 12.2 Å². The first kappa shape index (κ1) is 14.0. The number of nitrogens with one attached hydrogen (secondary N) is 1. The lowest BCUT2D eigenvalue weighted by molar-refractivity contribution is -0.137. The summed E-state index contributed by atoms with van der Waals surface area (Å²) in [4.78, 5) is 0. The Morgan fingerprint density at radius 1 is 1.24 bits per heavy atom. The van der Waals surface area contributed by atoms with Crippen molar-refractivity contribution in [2.24, 2.45) is 0 Å². The van der Waals surface area contributed by atoms with E-state index in [0.29, 0.717) is 31.7 Å². The van der Waals surface area contributed by atoms with Crippen molar-refractivity contribution >= 4 is 0 Å². The van der Waals surface area contributed by atoms with Crippen LogP contribution in [0, 0.1) is 0 Å². The molecule has 1 N–H and O–H groups in total. The summed E-state index contributed by atoms with van der Waals surface area (Å²) in [6.45, 7) is 1.95. The lowest BCUT2D eigenvalue weighted by atomic mass is 10.1. The summed E-state index contributed by atoms with van der Waals surface area (Å²) in [5.41, 5.74) is 0.0941. The maximum absolute atomic E-state index is 12.4. The summed E-state index contributed by atoms with van der Waals surface area (Å²) < 4.78 is 42.1. The molecular weight excluding hydrogens is 231 g/mol. The molecule has 0 heterocycles. The maximum atomic E-state index is 12.4. The Morgan fingerprint density at radius 3 is 2.65 bits per heavy atom. The molecule has 0 amide bonds. The second-order valence-electron chi connectivity index (χ2n) is 3.69. The average Bonchev–Trinajstić information content (AvgIpc) is 2.28. The Morgan fingerprint density at radius 2 is 2.00 bits per heavy atom. The van der Waals surface area contributed by atoms with E-state index in [1.54, 1.807) is 13.2 Å². The van der Waals surface area contributed by atoms with Crippen LogP contribution in [0.3, 0.4) is 0 Å². The van der Waals surface area contributed by atoms with E-state index in [0.717, 1.165) is 6.07 Å². The first-order valence-corrected chi connectivity index (χ1v) is 5.40. The van der Waals surface area contributed by atoms with Crippen LogP contribution < -0.4 is 5.32 Å². The van der Waals surface area contributed by atoms with Crippen LogP contribution in [-0.2, 0) is 17.3 Å². The number of hydrogen-bond donors (Lipinski definition) is 1. The fraction of sp³-hybridized carbons (Fsp3) is 0.500. The Bertz CT molecular complexity index is 339. The Hall–Kier alpha value is -1.07. The average molecular weight is 247 g/mol. The second-order valence-corrected chi connectivity index (χ2v) is 3.69. The molecule has 0 spiro atoms. The molecule has 0 aliphatic rings. The third kappa shape index (κ3) is 5.19. The van der Waals surface area contributed by atoms with Gasteiger partial charge in [0.2, 0.25) is 0 Å². The van der Waals surface area contributed by atoms with Crippen LogP contribution in [0.25, 0.3) is 0 Å². The first-order chi connectivity index (χ1) is 8.04. The summed E-state index contributed by atoms with van der Waals surface area (Å²) in [6, 6.07) is 5.42. The first-order valence-electron chi connectivity index (χ1n) is 5.40. The Kier molecular flexibility index (Phi) is 5.44. The summed E-state index contributed by atoms with van der Waals surface area (Å²) >= 11 is 0. The zero-order valence-electron chi connectivity index (χ0n) is 9.68. The van der Waals surface area contributed by atoms with E-state index in [1.165, 1.54) is 12.1 Å². The van der Waals surface area contributed by atoms with Gasteiger partial charge in [0, 0.05) is 13.7 Å². The Labute approximate surface area is 98.8 Å². The molecule has 5 heteroatoms. The molecule has 1 aromatic rings. The van der Waals surface area contributed by atoms with E-state index in [4.69, 9.17) is 4.74 Å². The quantitative estimate of drug-likeness (QED) is 0.780. The molecule has 0 saturated carbocycles. The van der Waals surface area contributed by atoms with Crippen molar-refractivity contribution in [3.63, 3.8) is 0 Å². The molecule has 0 radical (unpaired) electrons. The van der Waals surface area contributed by atoms with Crippen LogP contribution in [0.15, 0.2) is 24.3 Å². The summed E-state index contributed by atoms with van der Waals surface area (Å²) in [7, 11) is 1.61. The third-order valence-electron chi connectivity index (χ3n) is 2.33. The van der Waals surface area contributed by atoms with E-state index in [9.17, 15) is 13.2 Å². The molecular formula is C12H16F3NO. The van der Waals surface area contributed by atoms with Gasteiger partial charge >= 0.3 is 6.18 Å². The summed E-state index contributed by atoms with van der Waals surface area (Å²) in [5.74, 6) is 0. The van der Waals surface area contributed by atoms with Crippen LogP contribution in [0.5, 0.6) is 0 Å². The Balaban J connectivity index is 2.44. The number of rotatable bonds is 6. The zero-order chi connectivity index (χ0) is 12.7. The van der Waals surface area contributed by atoms with Crippen molar-refractivity contribution in [3.8, 4) is 0 Å². The van der Waals surface area contributed by atoms with E-state index >= 15 is 0 Å². The highest BCUT2D eigenvalue weighted by atomic mass is 19.4. The van der Waals surface area contributed by atoms with Gasteiger partial charge in [0.1, 0.15) is 0 Å². The smallest absolute Gasteiger partial charge is 0.383 e. The molecule has 0 saturated heterocycles. The van der Waals surface area contributed by atoms with Crippen molar-refractivity contribution in [2.75, 3.05) is 26.8 Å². The molecule has 1 aromatic carbocycles. The highest BCUT2D eigenvalue weighted by molar-refractivity contribution is 5.25. The van der Waals surface area contributed by atoms with Crippen molar-refractivity contribution in [2.45, 2.75) is 12.6 Å². The molecule has 0 aliphatic heterocycles. The van der Waals surface area contributed by atoms with E-state index in [1.807, 2.05) is 0 Å². The maximum Gasteiger partial charge on any atom is 0.416 e. The van der Waals surface area contributed by atoms with Gasteiger partial charge in [0.15, 0.2) is 0 Å². The van der Waals surface area contributed by atoms with Gasteiger partial charge in [0.25, 0.3) is 0 Å². The van der Waals surface area contributed by atoms with Crippen molar-refractivity contribution in [3.05, 3.63) is 35.4 Å². The van der Waals surface area contributed by atoms with Crippen LogP contribution in [0.2, 0.25) is 0 Å². The summed E-state index contributed by atoms with van der Waals surface area (Å²) in [6.07, 6.45) is -3.69. The van der Waals surface area contributed by atoms with Crippen molar-refractivity contribution in [1.82, 2.24) is 5.32 Å². The molecule has 0 aliphatic carbocycles. The minimum atomic E-state index is -4.26. The lowest BCUT2D eigenvalue weighted by Gasteiger charge is -2.09. The standard InChI is InChI=1S/C12H16F3NO/c1-17-8-7-16-6-5-10-3-2-4-11(9-10)12(13,14)15/h2-4,9,16H,5-8H2,1H3. The molecule has 0 atom stereocenters. The number of hydrogen-bond acceptors (Lipinski definition) is 2. The minimum absolute atomic E-state index is 0.577. The largest absolute Gasteiger partial charge is 0.416 e.